The summed E-state index contributed by atoms with van der Waals surface area (Å²) in [6.45, 7) is 9.02. The van der Waals surface area contributed by atoms with Gasteiger partial charge in [-0.25, -0.2) is 0 Å². The summed E-state index contributed by atoms with van der Waals surface area (Å²) < 4.78 is 5.85. The molecule has 1 spiro atoms. The van der Waals surface area contributed by atoms with E-state index in [1.165, 1.54) is 25.7 Å². The highest BCUT2D eigenvalue weighted by Crippen LogP contribution is 2.57. The van der Waals surface area contributed by atoms with Gasteiger partial charge in [0.15, 0.2) is 0 Å². The van der Waals surface area contributed by atoms with Crippen LogP contribution in [0, 0.1) is 5.41 Å². The van der Waals surface area contributed by atoms with E-state index < -0.39 is 0 Å². The molecular formula is C14H25NO. The molecule has 0 bridgehead atoms. The average molecular weight is 223 g/mol. The van der Waals surface area contributed by atoms with Gasteiger partial charge in [-0.15, -0.1) is 6.58 Å². The van der Waals surface area contributed by atoms with Crippen molar-refractivity contribution < 1.29 is 4.74 Å². The predicted octanol–water partition coefficient (Wildman–Crippen LogP) is 2.89. The molecular weight excluding hydrogens is 198 g/mol. The Kier molecular flexibility index (Phi) is 3.70. The first-order valence-electron chi connectivity index (χ1n) is 6.71. The van der Waals surface area contributed by atoms with Crippen LogP contribution in [0.15, 0.2) is 12.7 Å². The Labute approximate surface area is 99.4 Å². The number of hydrogen-bond acceptors (Lipinski definition) is 2. The second kappa shape index (κ2) is 4.89. The molecule has 0 radical (unpaired) electrons. The van der Waals surface area contributed by atoms with Gasteiger partial charge in [-0.1, -0.05) is 12.5 Å². The molecule has 2 fully saturated rings. The molecule has 2 aliphatic carbocycles. The molecule has 0 aliphatic heterocycles. The van der Waals surface area contributed by atoms with Crippen LogP contribution in [-0.2, 0) is 4.74 Å². The van der Waals surface area contributed by atoms with Gasteiger partial charge in [-0.2, -0.15) is 0 Å². The molecule has 2 aliphatic rings. The largest absolute Gasteiger partial charge is 0.378 e. The van der Waals surface area contributed by atoms with Gasteiger partial charge in [-0.3, -0.25) is 0 Å². The molecule has 0 aromatic carbocycles. The monoisotopic (exact) mass is 223 g/mol. The SMILES string of the molecule is C=CCC(C)NC1CC(OCC)C12CCC2. The van der Waals surface area contributed by atoms with E-state index in [1.54, 1.807) is 0 Å². The van der Waals surface area contributed by atoms with Crippen molar-refractivity contribution in [3.63, 3.8) is 0 Å². The lowest BCUT2D eigenvalue weighted by Crippen LogP contribution is -2.67. The average Bonchev–Trinajstić information content (AvgIpc) is 2.13. The summed E-state index contributed by atoms with van der Waals surface area (Å²) >= 11 is 0. The standard InChI is InChI=1S/C14H25NO/c1-4-7-11(3)15-12-10-13(16-5-2)14(12)8-6-9-14/h4,11-13,15H,1,5-10H2,2-3H3. The summed E-state index contributed by atoms with van der Waals surface area (Å²) in [7, 11) is 0. The Morgan fingerprint density at radius 1 is 1.56 bits per heavy atom. The zero-order valence-electron chi connectivity index (χ0n) is 10.7. The van der Waals surface area contributed by atoms with E-state index >= 15 is 0 Å². The second-order valence-electron chi connectivity index (χ2n) is 5.41. The van der Waals surface area contributed by atoms with Crippen molar-refractivity contribution >= 4 is 0 Å². The van der Waals surface area contributed by atoms with Crippen molar-refractivity contribution in [1.82, 2.24) is 5.32 Å². The molecule has 3 atom stereocenters. The predicted molar refractivity (Wildman–Crippen MR) is 67.5 cm³/mol. The van der Waals surface area contributed by atoms with Crippen molar-refractivity contribution in [2.45, 2.75) is 64.1 Å². The highest BCUT2D eigenvalue weighted by molar-refractivity contribution is 5.12. The fourth-order valence-corrected chi connectivity index (χ4v) is 3.33. The third-order valence-electron chi connectivity index (χ3n) is 4.44. The number of nitrogens with one attached hydrogen (secondary N) is 1. The maximum absolute atomic E-state index is 5.85. The maximum atomic E-state index is 5.85. The van der Waals surface area contributed by atoms with E-state index in [1.807, 2.05) is 6.08 Å². The van der Waals surface area contributed by atoms with Gasteiger partial charge < -0.3 is 10.1 Å². The van der Waals surface area contributed by atoms with Crippen LogP contribution in [0.1, 0.15) is 46.0 Å². The van der Waals surface area contributed by atoms with Crippen molar-refractivity contribution in [2.24, 2.45) is 5.41 Å². The first kappa shape index (κ1) is 12.1. The van der Waals surface area contributed by atoms with Gasteiger partial charge >= 0.3 is 0 Å². The van der Waals surface area contributed by atoms with Gasteiger partial charge in [0.05, 0.1) is 6.10 Å². The maximum Gasteiger partial charge on any atom is 0.0661 e. The quantitative estimate of drug-likeness (QED) is 0.699. The highest BCUT2D eigenvalue weighted by Gasteiger charge is 2.58. The smallest absolute Gasteiger partial charge is 0.0661 e. The minimum Gasteiger partial charge on any atom is -0.378 e. The third kappa shape index (κ3) is 1.93. The fraction of sp³-hybridized carbons (Fsp3) is 0.857. The molecule has 0 aromatic rings. The molecule has 2 rings (SSSR count). The summed E-state index contributed by atoms with van der Waals surface area (Å²) in [4.78, 5) is 0. The normalized spacial score (nSPS) is 32.9. The van der Waals surface area contributed by atoms with Crippen molar-refractivity contribution in [1.29, 1.82) is 0 Å². The lowest BCUT2D eigenvalue weighted by Gasteiger charge is -2.61. The first-order valence-corrected chi connectivity index (χ1v) is 6.71. The van der Waals surface area contributed by atoms with Crippen LogP contribution in [0.3, 0.4) is 0 Å². The van der Waals surface area contributed by atoms with E-state index in [2.05, 4.69) is 25.7 Å². The van der Waals surface area contributed by atoms with Crippen molar-refractivity contribution in [3.8, 4) is 0 Å². The Bertz CT molecular complexity index is 247. The van der Waals surface area contributed by atoms with Crippen LogP contribution in [0.25, 0.3) is 0 Å². The molecule has 92 valence electrons. The van der Waals surface area contributed by atoms with Gasteiger partial charge in [0.2, 0.25) is 0 Å². The Hall–Kier alpha value is -0.340. The van der Waals surface area contributed by atoms with E-state index in [0.29, 0.717) is 23.6 Å². The molecule has 2 heteroatoms. The summed E-state index contributed by atoms with van der Waals surface area (Å²) in [6.07, 6.45) is 8.90. The zero-order chi connectivity index (χ0) is 11.6. The fourth-order valence-electron chi connectivity index (χ4n) is 3.33. The zero-order valence-corrected chi connectivity index (χ0v) is 10.7. The minimum absolute atomic E-state index is 0.492. The number of rotatable bonds is 6. The topological polar surface area (TPSA) is 21.3 Å². The molecule has 0 amide bonds. The van der Waals surface area contributed by atoms with E-state index in [9.17, 15) is 0 Å². The van der Waals surface area contributed by atoms with Crippen LogP contribution in [0.2, 0.25) is 0 Å². The van der Waals surface area contributed by atoms with E-state index in [-0.39, 0.29) is 0 Å². The van der Waals surface area contributed by atoms with Crippen molar-refractivity contribution in [3.05, 3.63) is 12.7 Å². The summed E-state index contributed by atoms with van der Waals surface area (Å²) in [5.41, 5.74) is 0.492. The lowest BCUT2D eigenvalue weighted by atomic mass is 9.51. The Morgan fingerprint density at radius 2 is 2.31 bits per heavy atom. The van der Waals surface area contributed by atoms with Gasteiger partial charge in [-0.05, 0) is 39.5 Å². The molecule has 1 N–H and O–H groups in total. The van der Waals surface area contributed by atoms with Gasteiger partial charge in [0, 0.05) is 24.1 Å². The first-order chi connectivity index (χ1) is 7.73. The molecule has 2 saturated carbocycles. The number of ether oxygens (including phenoxy) is 1. The molecule has 0 aromatic heterocycles. The van der Waals surface area contributed by atoms with Crippen LogP contribution in [0.4, 0.5) is 0 Å². The Balaban J connectivity index is 1.86. The highest BCUT2D eigenvalue weighted by atomic mass is 16.5. The molecule has 3 unspecified atom stereocenters. The number of hydrogen-bond donors (Lipinski definition) is 1. The van der Waals surface area contributed by atoms with Crippen LogP contribution >= 0.6 is 0 Å². The summed E-state index contributed by atoms with van der Waals surface area (Å²) in [6, 6.07) is 1.25. The van der Waals surface area contributed by atoms with Crippen LogP contribution < -0.4 is 5.32 Å². The van der Waals surface area contributed by atoms with Crippen LogP contribution in [0.5, 0.6) is 0 Å². The lowest BCUT2D eigenvalue weighted by molar-refractivity contribution is -0.174. The molecule has 2 nitrogen and oxygen atoms in total. The summed E-state index contributed by atoms with van der Waals surface area (Å²) in [5.74, 6) is 0. The summed E-state index contributed by atoms with van der Waals surface area (Å²) in [5, 5.41) is 3.75. The van der Waals surface area contributed by atoms with Crippen LogP contribution in [-0.4, -0.2) is 24.8 Å². The second-order valence-corrected chi connectivity index (χ2v) is 5.41. The van der Waals surface area contributed by atoms with E-state index in [4.69, 9.17) is 4.74 Å². The minimum atomic E-state index is 0.492. The third-order valence-corrected chi connectivity index (χ3v) is 4.44. The molecule has 16 heavy (non-hydrogen) atoms. The van der Waals surface area contributed by atoms with Crippen molar-refractivity contribution in [2.75, 3.05) is 6.61 Å². The molecule has 0 heterocycles. The van der Waals surface area contributed by atoms with E-state index in [0.717, 1.165) is 13.0 Å². The Morgan fingerprint density at radius 3 is 2.81 bits per heavy atom. The molecule has 0 saturated heterocycles. The van der Waals surface area contributed by atoms with Gasteiger partial charge in [0.25, 0.3) is 0 Å². The van der Waals surface area contributed by atoms with Gasteiger partial charge in [0.1, 0.15) is 0 Å².